The van der Waals surface area contributed by atoms with Crippen LogP contribution in [0.2, 0.25) is 0 Å². The predicted molar refractivity (Wildman–Crippen MR) is 84.3 cm³/mol. The second kappa shape index (κ2) is 5.10. The third-order valence-corrected chi connectivity index (χ3v) is 4.23. The number of thiazole rings is 1. The van der Waals surface area contributed by atoms with Crippen molar-refractivity contribution in [3.63, 3.8) is 0 Å². The molecule has 0 saturated heterocycles. The summed E-state index contributed by atoms with van der Waals surface area (Å²) in [6.07, 6.45) is 1.66. The van der Waals surface area contributed by atoms with E-state index in [9.17, 15) is 9.59 Å². The molecule has 7 heteroatoms. The number of benzene rings is 1. The number of aryl methyl sites for hydroxylation is 2. The highest BCUT2D eigenvalue weighted by molar-refractivity contribution is 7.15. The number of ether oxygens (including phenoxy) is 1. The van der Waals surface area contributed by atoms with Gasteiger partial charge in [-0.3, -0.25) is 14.9 Å². The monoisotopic (exact) mass is 317 g/mol. The number of anilines is 2. The standard InChI is InChI=1S/C15H15N3O3S/c1-8-4-5-11-10(6-8)17-12(19)15(3,21-11)13(20)18-14-16-7-9(2)22-14/h4-7H,1-3H3,(H,17,19)(H,16,18,20)/t15-/m0/s1. The summed E-state index contributed by atoms with van der Waals surface area (Å²) in [5, 5.41) is 5.79. The summed E-state index contributed by atoms with van der Waals surface area (Å²) in [6.45, 7) is 5.25. The molecule has 0 radical (unpaired) electrons. The topological polar surface area (TPSA) is 80.3 Å². The second-order valence-corrected chi connectivity index (χ2v) is 6.55. The van der Waals surface area contributed by atoms with Crippen LogP contribution in [0.4, 0.5) is 10.8 Å². The number of aromatic nitrogens is 1. The number of hydrogen-bond acceptors (Lipinski definition) is 5. The molecule has 0 aliphatic carbocycles. The molecule has 0 unspecified atom stereocenters. The summed E-state index contributed by atoms with van der Waals surface area (Å²) in [7, 11) is 0. The Morgan fingerprint density at radius 1 is 1.41 bits per heavy atom. The minimum absolute atomic E-state index is 0.440. The molecule has 1 atom stereocenters. The van der Waals surface area contributed by atoms with Crippen molar-refractivity contribution in [3.05, 3.63) is 34.8 Å². The molecule has 0 bridgehead atoms. The fraction of sp³-hybridized carbons (Fsp3) is 0.267. The number of carbonyl (C=O) groups is 2. The molecule has 2 amide bonds. The normalized spacial score (nSPS) is 19.9. The van der Waals surface area contributed by atoms with Gasteiger partial charge >= 0.3 is 0 Å². The molecule has 0 spiro atoms. The maximum absolute atomic E-state index is 12.5. The summed E-state index contributed by atoms with van der Waals surface area (Å²) in [5.41, 5.74) is -0.0729. The third kappa shape index (κ3) is 2.43. The van der Waals surface area contributed by atoms with Gasteiger partial charge in [-0.05, 0) is 38.5 Å². The lowest BCUT2D eigenvalue weighted by Gasteiger charge is -2.33. The number of nitrogens with zero attached hydrogens (tertiary/aromatic N) is 1. The summed E-state index contributed by atoms with van der Waals surface area (Å²) < 4.78 is 5.68. The Kier molecular flexibility index (Phi) is 3.37. The van der Waals surface area contributed by atoms with E-state index in [0.29, 0.717) is 16.6 Å². The zero-order valence-electron chi connectivity index (χ0n) is 12.4. The quantitative estimate of drug-likeness (QED) is 0.834. The molecule has 3 rings (SSSR count). The molecular formula is C15H15N3O3S. The molecule has 114 valence electrons. The average molecular weight is 317 g/mol. The van der Waals surface area contributed by atoms with Crippen LogP contribution in [0.3, 0.4) is 0 Å². The van der Waals surface area contributed by atoms with Crippen LogP contribution >= 0.6 is 11.3 Å². The maximum Gasteiger partial charge on any atom is 0.280 e. The van der Waals surface area contributed by atoms with Gasteiger partial charge in [0.2, 0.25) is 0 Å². The van der Waals surface area contributed by atoms with Gasteiger partial charge < -0.3 is 10.1 Å². The van der Waals surface area contributed by atoms with E-state index in [1.807, 2.05) is 19.9 Å². The van der Waals surface area contributed by atoms with E-state index < -0.39 is 17.4 Å². The fourth-order valence-electron chi connectivity index (χ4n) is 2.12. The molecule has 0 saturated carbocycles. The molecule has 1 aliphatic heterocycles. The van der Waals surface area contributed by atoms with Gasteiger partial charge in [-0.15, -0.1) is 11.3 Å². The number of fused-ring (bicyclic) bond motifs is 1. The van der Waals surface area contributed by atoms with Crippen LogP contribution in [0.25, 0.3) is 0 Å². The zero-order valence-corrected chi connectivity index (χ0v) is 13.2. The summed E-state index contributed by atoms with van der Waals surface area (Å²) in [6, 6.07) is 5.40. The number of nitrogens with one attached hydrogen (secondary N) is 2. The van der Waals surface area contributed by atoms with Crippen molar-refractivity contribution in [1.82, 2.24) is 4.98 Å². The van der Waals surface area contributed by atoms with Crippen molar-refractivity contribution in [2.24, 2.45) is 0 Å². The fourth-order valence-corrected chi connectivity index (χ4v) is 2.78. The van der Waals surface area contributed by atoms with E-state index in [4.69, 9.17) is 4.74 Å². The van der Waals surface area contributed by atoms with Crippen molar-refractivity contribution in [2.45, 2.75) is 26.4 Å². The van der Waals surface area contributed by atoms with Crippen LogP contribution in [-0.4, -0.2) is 22.4 Å². The molecular weight excluding hydrogens is 302 g/mol. The van der Waals surface area contributed by atoms with Crippen molar-refractivity contribution < 1.29 is 14.3 Å². The number of rotatable bonds is 2. The molecule has 1 aromatic carbocycles. The van der Waals surface area contributed by atoms with Crippen LogP contribution in [0.5, 0.6) is 5.75 Å². The highest BCUT2D eigenvalue weighted by Gasteiger charge is 2.47. The van der Waals surface area contributed by atoms with Gasteiger partial charge in [0.15, 0.2) is 5.13 Å². The van der Waals surface area contributed by atoms with Gasteiger partial charge in [-0.1, -0.05) is 6.07 Å². The number of carbonyl (C=O) groups excluding carboxylic acids is 2. The number of amides is 2. The highest BCUT2D eigenvalue weighted by atomic mass is 32.1. The molecule has 1 aliphatic rings. The van der Waals surface area contributed by atoms with Crippen LogP contribution < -0.4 is 15.4 Å². The summed E-state index contributed by atoms with van der Waals surface area (Å²) in [4.78, 5) is 29.8. The minimum Gasteiger partial charge on any atom is -0.466 e. The Labute approximate surface area is 131 Å². The van der Waals surface area contributed by atoms with Gasteiger partial charge in [-0.25, -0.2) is 4.98 Å². The van der Waals surface area contributed by atoms with Crippen molar-refractivity contribution >= 4 is 34.0 Å². The third-order valence-electron chi connectivity index (χ3n) is 3.41. The predicted octanol–water partition coefficient (Wildman–Crippen LogP) is 2.49. The van der Waals surface area contributed by atoms with Crippen LogP contribution in [0.1, 0.15) is 17.4 Å². The van der Waals surface area contributed by atoms with Gasteiger partial charge in [0, 0.05) is 11.1 Å². The largest absolute Gasteiger partial charge is 0.466 e. The Hall–Kier alpha value is -2.41. The molecule has 1 aromatic heterocycles. The van der Waals surface area contributed by atoms with Crippen molar-refractivity contribution in [1.29, 1.82) is 0 Å². The van der Waals surface area contributed by atoms with E-state index >= 15 is 0 Å². The van der Waals surface area contributed by atoms with Gasteiger partial charge in [-0.2, -0.15) is 0 Å². The maximum atomic E-state index is 12.5. The highest BCUT2D eigenvalue weighted by Crippen LogP contribution is 2.35. The lowest BCUT2D eigenvalue weighted by molar-refractivity contribution is -0.143. The van der Waals surface area contributed by atoms with Crippen LogP contribution in [0.15, 0.2) is 24.4 Å². The first-order chi connectivity index (χ1) is 10.4. The van der Waals surface area contributed by atoms with Crippen molar-refractivity contribution in [3.8, 4) is 5.75 Å². The summed E-state index contributed by atoms with van der Waals surface area (Å²) >= 11 is 1.34. The Balaban J connectivity index is 1.87. The van der Waals surface area contributed by atoms with Gasteiger partial charge in [0.1, 0.15) is 5.75 Å². The van der Waals surface area contributed by atoms with E-state index in [1.165, 1.54) is 18.3 Å². The van der Waals surface area contributed by atoms with E-state index in [2.05, 4.69) is 15.6 Å². The minimum atomic E-state index is -1.64. The first-order valence-corrected chi connectivity index (χ1v) is 7.55. The molecule has 0 fully saturated rings. The van der Waals surface area contributed by atoms with Crippen LogP contribution in [-0.2, 0) is 9.59 Å². The number of hydrogen-bond donors (Lipinski definition) is 2. The van der Waals surface area contributed by atoms with Gasteiger partial charge in [0.25, 0.3) is 17.4 Å². The molecule has 2 aromatic rings. The molecule has 6 nitrogen and oxygen atoms in total. The zero-order chi connectivity index (χ0) is 15.9. The molecule has 2 heterocycles. The smallest absolute Gasteiger partial charge is 0.280 e. The van der Waals surface area contributed by atoms with Gasteiger partial charge in [0.05, 0.1) is 5.69 Å². The Morgan fingerprint density at radius 3 is 2.86 bits per heavy atom. The van der Waals surface area contributed by atoms with E-state index in [0.717, 1.165) is 10.4 Å². The SMILES string of the molecule is Cc1ccc2c(c1)NC(=O)[C@@](C)(C(=O)Nc1ncc(C)s1)O2. The van der Waals surface area contributed by atoms with Crippen LogP contribution in [0, 0.1) is 13.8 Å². The molecule has 2 N–H and O–H groups in total. The first kappa shape index (κ1) is 14.5. The Morgan fingerprint density at radius 2 is 2.18 bits per heavy atom. The lowest BCUT2D eigenvalue weighted by Crippen LogP contribution is -2.56. The lowest BCUT2D eigenvalue weighted by atomic mass is 10.0. The average Bonchev–Trinajstić information content (AvgIpc) is 2.86. The first-order valence-electron chi connectivity index (χ1n) is 6.73. The Bertz CT molecular complexity index is 771. The second-order valence-electron chi connectivity index (χ2n) is 5.32. The van der Waals surface area contributed by atoms with E-state index in [1.54, 1.807) is 18.3 Å². The molecule has 22 heavy (non-hydrogen) atoms. The van der Waals surface area contributed by atoms with E-state index in [-0.39, 0.29) is 0 Å². The van der Waals surface area contributed by atoms with Crippen molar-refractivity contribution in [2.75, 3.05) is 10.6 Å². The summed E-state index contributed by atoms with van der Waals surface area (Å²) in [5.74, 6) is -0.583.